The van der Waals surface area contributed by atoms with Crippen LogP contribution in [0, 0.1) is 31.3 Å². The molecule has 104 valence electrons. The second-order valence-electron chi connectivity index (χ2n) is 5.09. The van der Waals surface area contributed by atoms with Crippen molar-refractivity contribution < 1.29 is 4.79 Å². The molecule has 0 heterocycles. The van der Waals surface area contributed by atoms with Gasteiger partial charge in [0.05, 0.1) is 0 Å². The molecule has 2 rings (SSSR count). The highest BCUT2D eigenvalue weighted by Crippen LogP contribution is 2.27. The van der Waals surface area contributed by atoms with Crippen LogP contribution >= 0.6 is 34.2 Å². The molecule has 0 aromatic heterocycles. The molecule has 0 N–H and O–H groups in total. The predicted molar refractivity (Wildman–Crippen MR) is 93.0 cm³/mol. The Bertz CT molecular complexity index is 678. The number of carbonyl (C=O) groups is 1. The van der Waals surface area contributed by atoms with Crippen LogP contribution < -0.4 is 0 Å². The van der Waals surface area contributed by atoms with Gasteiger partial charge in [-0.1, -0.05) is 17.7 Å². The average Bonchev–Trinajstić information content (AvgIpc) is 2.39. The van der Waals surface area contributed by atoms with Gasteiger partial charge in [-0.05, 0) is 90.7 Å². The molecule has 0 aliphatic heterocycles. The molecule has 0 amide bonds. The summed E-state index contributed by atoms with van der Waals surface area (Å²) in [4.78, 5) is 12.9. The molecule has 2 aromatic rings. The molecule has 0 fully saturated rings. The minimum atomic E-state index is 0.0544. The van der Waals surface area contributed by atoms with Gasteiger partial charge in [0.15, 0.2) is 5.78 Å². The van der Waals surface area contributed by atoms with Crippen molar-refractivity contribution in [1.29, 1.82) is 0 Å². The van der Waals surface area contributed by atoms with Gasteiger partial charge in [0, 0.05) is 19.7 Å². The van der Waals surface area contributed by atoms with Gasteiger partial charge in [-0.15, -0.1) is 0 Å². The highest BCUT2D eigenvalue weighted by Gasteiger charge is 2.19. The maximum Gasteiger partial charge on any atom is 0.194 e. The van der Waals surface area contributed by atoms with E-state index in [1.807, 2.05) is 33.8 Å². The van der Waals surface area contributed by atoms with E-state index in [1.165, 1.54) is 0 Å². The van der Waals surface area contributed by atoms with E-state index in [1.54, 1.807) is 12.1 Å². The maximum atomic E-state index is 12.9. The van der Waals surface area contributed by atoms with Gasteiger partial charge in [-0.2, -0.15) is 0 Å². The quantitative estimate of drug-likeness (QED) is 0.488. The number of carbonyl (C=O) groups excluding carboxylic acids is 1. The van der Waals surface area contributed by atoms with E-state index in [2.05, 4.69) is 28.7 Å². The van der Waals surface area contributed by atoms with Crippen molar-refractivity contribution in [1.82, 2.24) is 0 Å². The Balaban J connectivity index is 2.68. The maximum absolute atomic E-state index is 12.9. The molecule has 3 heteroatoms. The summed E-state index contributed by atoms with van der Waals surface area (Å²) in [6, 6.07) is 7.57. The van der Waals surface area contributed by atoms with Crippen LogP contribution in [0.2, 0.25) is 5.02 Å². The average molecular weight is 399 g/mol. The van der Waals surface area contributed by atoms with E-state index in [0.29, 0.717) is 10.6 Å². The van der Waals surface area contributed by atoms with E-state index in [0.717, 1.165) is 31.4 Å². The van der Waals surface area contributed by atoms with Crippen molar-refractivity contribution in [3.8, 4) is 0 Å². The minimum absolute atomic E-state index is 0.0544. The Hall–Kier alpha value is -0.870. The van der Waals surface area contributed by atoms with E-state index in [4.69, 9.17) is 11.6 Å². The van der Waals surface area contributed by atoms with Crippen molar-refractivity contribution in [2.24, 2.45) is 0 Å². The largest absolute Gasteiger partial charge is 0.289 e. The number of halogens is 2. The lowest BCUT2D eigenvalue weighted by atomic mass is 9.89. The Morgan fingerprint density at radius 2 is 1.55 bits per heavy atom. The van der Waals surface area contributed by atoms with Crippen molar-refractivity contribution >= 4 is 40.0 Å². The van der Waals surface area contributed by atoms with Gasteiger partial charge in [0.25, 0.3) is 0 Å². The first-order valence-corrected chi connectivity index (χ1v) is 7.85. The SMILES string of the molecule is Cc1cc(C)c(C)c(C(=O)c2cc(Cl)ccc2I)c1C. The van der Waals surface area contributed by atoms with Crippen LogP contribution in [0.4, 0.5) is 0 Å². The number of aryl methyl sites for hydroxylation is 2. The fraction of sp³-hybridized carbons (Fsp3) is 0.235. The van der Waals surface area contributed by atoms with Crippen molar-refractivity contribution in [3.05, 3.63) is 66.2 Å². The molecule has 20 heavy (non-hydrogen) atoms. The molecule has 0 saturated carbocycles. The second-order valence-corrected chi connectivity index (χ2v) is 6.69. The summed E-state index contributed by atoms with van der Waals surface area (Å²) in [5.41, 5.74) is 5.88. The van der Waals surface area contributed by atoms with E-state index in [-0.39, 0.29) is 5.78 Å². The lowest BCUT2D eigenvalue weighted by molar-refractivity contribution is 0.103. The molecule has 0 aliphatic rings. The number of hydrogen-bond acceptors (Lipinski definition) is 1. The third-order valence-electron chi connectivity index (χ3n) is 3.77. The monoisotopic (exact) mass is 398 g/mol. The van der Waals surface area contributed by atoms with Gasteiger partial charge >= 0.3 is 0 Å². The molecule has 1 nitrogen and oxygen atoms in total. The molecule has 2 aromatic carbocycles. The van der Waals surface area contributed by atoms with E-state index >= 15 is 0 Å². The smallest absolute Gasteiger partial charge is 0.194 e. The normalized spacial score (nSPS) is 10.7. The summed E-state index contributed by atoms with van der Waals surface area (Å²) < 4.78 is 0.926. The summed E-state index contributed by atoms with van der Waals surface area (Å²) >= 11 is 8.22. The molecule has 0 radical (unpaired) electrons. The second kappa shape index (κ2) is 5.86. The highest BCUT2D eigenvalue weighted by atomic mass is 127. The Morgan fingerprint density at radius 3 is 2.10 bits per heavy atom. The third-order valence-corrected chi connectivity index (χ3v) is 4.94. The van der Waals surface area contributed by atoms with Crippen LogP contribution in [0.5, 0.6) is 0 Å². The van der Waals surface area contributed by atoms with Crippen LogP contribution in [0.15, 0.2) is 24.3 Å². The number of ketones is 1. The van der Waals surface area contributed by atoms with Crippen LogP contribution in [-0.2, 0) is 0 Å². The first-order valence-electron chi connectivity index (χ1n) is 6.40. The first kappa shape index (κ1) is 15.5. The summed E-state index contributed by atoms with van der Waals surface area (Å²) in [7, 11) is 0. The zero-order valence-corrected chi connectivity index (χ0v) is 14.9. The Morgan fingerprint density at radius 1 is 1.00 bits per heavy atom. The van der Waals surface area contributed by atoms with E-state index < -0.39 is 0 Å². The zero-order chi connectivity index (χ0) is 15.0. The number of hydrogen-bond donors (Lipinski definition) is 0. The Kier molecular flexibility index (Phi) is 4.55. The zero-order valence-electron chi connectivity index (χ0n) is 12.0. The van der Waals surface area contributed by atoms with Gasteiger partial charge in [0.2, 0.25) is 0 Å². The van der Waals surface area contributed by atoms with Gasteiger partial charge < -0.3 is 0 Å². The molecule has 0 unspecified atom stereocenters. The van der Waals surface area contributed by atoms with Crippen LogP contribution in [0.25, 0.3) is 0 Å². The van der Waals surface area contributed by atoms with Crippen LogP contribution in [0.3, 0.4) is 0 Å². The lowest BCUT2D eigenvalue weighted by Gasteiger charge is -2.15. The summed E-state index contributed by atoms with van der Waals surface area (Å²) in [5.74, 6) is 0.0544. The third kappa shape index (κ3) is 2.77. The van der Waals surface area contributed by atoms with E-state index in [9.17, 15) is 4.79 Å². The fourth-order valence-corrected chi connectivity index (χ4v) is 3.12. The minimum Gasteiger partial charge on any atom is -0.289 e. The topological polar surface area (TPSA) is 17.1 Å². The summed E-state index contributed by atoms with van der Waals surface area (Å²) in [6.07, 6.45) is 0. The van der Waals surface area contributed by atoms with Crippen LogP contribution in [-0.4, -0.2) is 5.78 Å². The molecule has 0 saturated heterocycles. The fourth-order valence-electron chi connectivity index (χ4n) is 2.36. The van der Waals surface area contributed by atoms with Gasteiger partial charge in [0.1, 0.15) is 0 Å². The number of rotatable bonds is 2. The van der Waals surface area contributed by atoms with Gasteiger partial charge in [-0.3, -0.25) is 4.79 Å². The lowest BCUT2D eigenvalue weighted by Crippen LogP contribution is -2.10. The highest BCUT2D eigenvalue weighted by molar-refractivity contribution is 14.1. The molecular weight excluding hydrogens is 383 g/mol. The van der Waals surface area contributed by atoms with Crippen molar-refractivity contribution in [3.63, 3.8) is 0 Å². The van der Waals surface area contributed by atoms with Gasteiger partial charge in [-0.25, -0.2) is 0 Å². The van der Waals surface area contributed by atoms with Crippen LogP contribution in [0.1, 0.15) is 38.2 Å². The standard InChI is InChI=1S/C17H16ClIO/c1-9-7-10(2)12(4)16(11(9)3)17(20)14-8-13(18)5-6-15(14)19/h5-8H,1-4H3. The summed E-state index contributed by atoms with van der Waals surface area (Å²) in [6.45, 7) is 8.10. The molecule has 0 spiro atoms. The molecule has 0 atom stereocenters. The predicted octanol–water partition coefficient (Wildman–Crippen LogP) is 5.41. The van der Waals surface area contributed by atoms with Crippen molar-refractivity contribution in [2.45, 2.75) is 27.7 Å². The molecule has 0 aliphatic carbocycles. The van der Waals surface area contributed by atoms with Crippen molar-refractivity contribution in [2.75, 3.05) is 0 Å². The molecular formula is C17H16ClIO. The Labute approximate surface area is 138 Å². The summed E-state index contributed by atoms with van der Waals surface area (Å²) in [5, 5.41) is 0.591. The number of benzene rings is 2. The molecule has 0 bridgehead atoms. The first-order chi connectivity index (χ1) is 9.32.